The predicted octanol–water partition coefficient (Wildman–Crippen LogP) is 1.94. The van der Waals surface area contributed by atoms with E-state index >= 15 is 0 Å². The van der Waals surface area contributed by atoms with Crippen LogP contribution in [0.25, 0.3) is 11.3 Å². The first kappa shape index (κ1) is 14.6. The third kappa shape index (κ3) is 2.69. The molecule has 116 valence electrons. The summed E-state index contributed by atoms with van der Waals surface area (Å²) in [7, 11) is 0. The number of fused-ring (bicyclic) bond motifs is 1. The van der Waals surface area contributed by atoms with Gasteiger partial charge >= 0.3 is 5.97 Å². The van der Waals surface area contributed by atoms with Gasteiger partial charge in [0.2, 0.25) is 0 Å². The average molecular weight is 300 g/mol. The van der Waals surface area contributed by atoms with Crippen LogP contribution < -0.4 is 11.5 Å². The number of benzene rings is 1. The standard InChI is InChI=1S/C16H20N4O2/c17-11-4-1-3-10(9-11)16-15-12(18)5-2-6-13(15)20(19-16)8-7-14(21)22/h1,3-4,9,12H,2,5-8,17-18H2,(H,21,22). The second kappa shape index (κ2) is 5.81. The molecule has 1 heterocycles. The number of nitrogens with zero attached hydrogens (tertiary/aromatic N) is 2. The van der Waals surface area contributed by atoms with Crippen molar-refractivity contribution in [1.82, 2.24) is 9.78 Å². The minimum Gasteiger partial charge on any atom is -0.481 e. The zero-order valence-corrected chi connectivity index (χ0v) is 12.3. The number of nitrogen functional groups attached to an aromatic ring is 1. The van der Waals surface area contributed by atoms with E-state index < -0.39 is 5.97 Å². The van der Waals surface area contributed by atoms with Gasteiger partial charge in [0, 0.05) is 28.6 Å². The maximum atomic E-state index is 10.8. The lowest BCUT2D eigenvalue weighted by Gasteiger charge is -2.20. The molecule has 0 spiro atoms. The Morgan fingerprint density at radius 3 is 3.00 bits per heavy atom. The average Bonchev–Trinajstić information content (AvgIpc) is 2.85. The Bertz CT molecular complexity index is 708. The van der Waals surface area contributed by atoms with E-state index in [-0.39, 0.29) is 12.5 Å². The summed E-state index contributed by atoms with van der Waals surface area (Å²) in [6.07, 6.45) is 2.87. The van der Waals surface area contributed by atoms with E-state index in [0.29, 0.717) is 12.2 Å². The minimum atomic E-state index is -0.824. The third-order valence-corrected chi connectivity index (χ3v) is 4.10. The molecule has 0 fully saturated rings. The number of hydrogen-bond donors (Lipinski definition) is 3. The van der Waals surface area contributed by atoms with E-state index in [9.17, 15) is 4.79 Å². The monoisotopic (exact) mass is 300 g/mol. The van der Waals surface area contributed by atoms with Crippen molar-refractivity contribution in [2.45, 2.75) is 38.3 Å². The lowest BCUT2D eigenvalue weighted by Crippen LogP contribution is -2.19. The number of aromatic nitrogens is 2. The summed E-state index contributed by atoms with van der Waals surface area (Å²) in [5.41, 5.74) is 16.7. The summed E-state index contributed by atoms with van der Waals surface area (Å²) in [6.45, 7) is 0.368. The van der Waals surface area contributed by atoms with Crippen LogP contribution in [-0.4, -0.2) is 20.9 Å². The molecule has 0 amide bonds. The van der Waals surface area contributed by atoms with Crippen LogP contribution in [0.4, 0.5) is 5.69 Å². The second-order valence-electron chi connectivity index (χ2n) is 5.70. The van der Waals surface area contributed by atoms with Crippen LogP contribution in [0.2, 0.25) is 0 Å². The Hall–Kier alpha value is -2.34. The molecule has 0 aliphatic heterocycles. The highest BCUT2D eigenvalue weighted by Gasteiger charge is 2.27. The van der Waals surface area contributed by atoms with Crippen LogP contribution in [0.15, 0.2) is 24.3 Å². The Kier molecular flexibility index (Phi) is 3.85. The number of aryl methyl sites for hydroxylation is 1. The van der Waals surface area contributed by atoms with Gasteiger partial charge in [-0.3, -0.25) is 9.48 Å². The van der Waals surface area contributed by atoms with Crippen molar-refractivity contribution in [1.29, 1.82) is 0 Å². The van der Waals surface area contributed by atoms with Gasteiger partial charge in [-0.1, -0.05) is 12.1 Å². The largest absolute Gasteiger partial charge is 0.481 e. The quantitative estimate of drug-likeness (QED) is 0.748. The number of nitrogens with two attached hydrogens (primary N) is 2. The minimum absolute atomic E-state index is 0.0553. The zero-order chi connectivity index (χ0) is 15.7. The van der Waals surface area contributed by atoms with Gasteiger partial charge in [0.1, 0.15) is 0 Å². The van der Waals surface area contributed by atoms with E-state index in [0.717, 1.165) is 41.8 Å². The Balaban J connectivity index is 2.07. The van der Waals surface area contributed by atoms with E-state index in [1.807, 2.05) is 24.3 Å². The second-order valence-corrected chi connectivity index (χ2v) is 5.70. The van der Waals surface area contributed by atoms with Crippen molar-refractivity contribution in [3.8, 4) is 11.3 Å². The highest BCUT2D eigenvalue weighted by atomic mass is 16.4. The fourth-order valence-corrected chi connectivity index (χ4v) is 3.08. The molecule has 5 N–H and O–H groups in total. The Morgan fingerprint density at radius 1 is 1.45 bits per heavy atom. The lowest BCUT2D eigenvalue weighted by molar-refractivity contribution is -0.137. The first-order valence-corrected chi connectivity index (χ1v) is 7.49. The molecule has 1 aromatic heterocycles. The van der Waals surface area contributed by atoms with Crippen molar-refractivity contribution < 1.29 is 9.90 Å². The molecule has 3 rings (SSSR count). The van der Waals surface area contributed by atoms with Gasteiger partial charge in [-0.05, 0) is 31.4 Å². The molecule has 1 aliphatic carbocycles. The molecule has 2 aromatic rings. The molecule has 1 aromatic carbocycles. The number of rotatable bonds is 4. The summed E-state index contributed by atoms with van der Waals surface area (Å²) in [5, 5.41) is 13.6. The molecule has 6 nitrogen and oxygen atoms in total. The van der Waals surface area contributed by atoms with Gasteiger partial charge in [-0.15, -0.1) is 0 Å². The van der Waals surface area contributed by atoms with Gasteiger partial charge in [0.25, 0.3) is 0 Å². The van der Waals surface area contributed by atoms with Crippen molar-refractivity contribution in [3.63, 3.8) is 0 Å². The maximum Gasteiger partial charge on any atom is 0.305 e. The fourth-order valence-electron chi connectivity index (χ4n) is 3.08. The predicted molar refractivity (Wildman–Crippen MR) is 84.2 cm³/mol. The molecule has 0 saturated heterocycles. The smallest absolute Gasteiger partial charge is 0.305 e. The number of anilines is 1. The topological polar surface area (TPSA) is 107 Å². The van der Waals surface area contributed by atoms with Crippen LogP contribution >= 0.6 is 0 Å². The zero-order valence-electron chi connectivity index (χ0n) is 12.3. The van der Waals surface area contributed by atoms with Gasteiger partial charge < -0.3 is 16.6 Å². The van der Waals surface area contributed by atoms with Crippen LogP contribution in [0.3, 0.4) is 0 Å². The van der Waals surface area contributed by atoms with E-state index in [1.54, 1.807) is 4.68 Å². The molecule has 6 heteroatoms. The third-order valence-electron chi connectivity index (χ3n) is 4.10. The van der Waals surface area contributed by atoms with Crippen LogP contribution in [-0.2, 0) is 17.8 Å². The Morgan fingerprint density at radius 2 is 2.27 bits per heavy atom. The number of hydrogen-bond acceptors (Lipinski definition) is 4. The first-order chi connectivity index (χ1) is 10.6. The SMILES string of the molecule is Nc1cccc(-c2nn(CCC(=O)O)c3c2C(N)CCC3)c1. The van der Waals surface area contributed by atoms with Crippen LogP contribution in [0.1, 0.15) is 36.6 Å². The summed E-state index contributed by atoms with van der Waals surface area (Å²) in [4.78, 5) is 10.8. The molecular formula is C16H20N4O2. The first-order valence-electron chi connectivity index (χ1n) is 7.49. The number of aliphatic carboxylic acids is 1. The van der Waals surface area contributed by atoms with Crippen LogP contribution in [0.5, 0.6) is 0 Å². The summed E-state index contributed by atoms with van der Waals surface area (Å²) in [6, 6.07) is 7.51. The van der Waals surface area contributed by atoms with Gasteiger partial charge in [0.05, 0.1) is 18.7 Å². The van der Waals surface area contributed by atoms with Gasteiger partial charge in [-0.25, -0.2) is 0 Å². The van der Waals surface area contributed by atoms with E-state index in [2.05, 4.69) is 5.10 Å². The number of carboxylic acid groups (broad SMARTS) is 1. The molecule has 0 bridgehead atoms. The summed E-state index contributed by atoms with van der Waals surface area (Å²) < 4.78 is 1.81. The molecule has 1 unspecified atom stereocenters. The highest BCUT2D eigenvalue weighted by Crippen LogP contribution is 2.36. The Labute approximate surface area is 128 Å². The van der Waals surface area contributed by atoms with Crippen molar-refractivity contribution >= 4 is 11.7 Å². The normalized spacial score (nSPS) is 17.2. The highest BCUT2D eigenvalue weighted by molar-refractivity contribution is 5.69. The van der Waals surface area contributed by atoms with Crippen LogP contribution in [0, 0.1) is 0 Å². The molecule has 1 atom stereocenters. The molecule has 0 radical (unpaired) electrons. The van der Waals surface area contributed by atoms with Crippen molar-refractivity contribution in [2.75, 3.05) is 5.73 Å². The molecule has 0 saturated carbocycles. The number of carbonyl (C=O) groups is 1. The van der Waals surface area contributed by atoms with Crippen molar-refractivity contribution in [3.05, 3.63) is 35.5 Å². The maximum absolute atomic E-state index is 10.8. The fraction of sp³-hybridized carbons (Fsp3) is 0.375. The molecule has 1 aliphatic rings. The molecule has 22 heavy (non-hydrogen) atoms. The summed E-state index contributed by atoms with van der Waals surface area (Å²) >= 11 is 0. The van der Waals surface area contributed by atoms with E-state index in [1.165, 1.54) is 0 Å². The van der Waals surface area contributed by atoms with E-state index in [4.69, 9.17) is 16.6 Å². The van der Waals surface area contributed by atoms with Gasteiger partial charge in [-0.2, -0.15) is 5.10 Å². The van der Waals surface area contributed by atoms with Crippen molar-refractivity contribution in [2.24, 2.45) is 5.73 Å². The molecular weight excluding hydrogens is 280 g/mol. The summed E-state index contributed by atoms with van der Waals surface area (Å²) in [5.74, 6) is -0.824. The number of carboxylic acids is 1. The van der Waals surface area contributed by atoms with Gasteiger partial charge in [0.15, 0.2) is 0 Å². The lowest BCUT2D eigenvalue weighted by atomic mass is 9.89.